The summed E-state index contributed by atoms with van der Waals surface area (Å²) >= 11 is 0. The van der Waals surface area contributed by atoms with Crippen molar-refractivity contribution in [2.24, 2.45) is 0 Å². The Labute approximate surface area is 191 Å². The largest absolute Gasteiger partial charge is 0.503 e. The lowest BCUT2D eigenvalue weighted by Crippen LogP contribution is -2.36. The van der Waals surface area contributed by atoms with Gasteiger partial charge in [-0.05, 0) is 42.6 Å². The van der Waals surface area contributed by atoms with Crippen LogP contribution in [0, 0.1) is 0 Å². The molecule has 0 aliphatic carbocycles. The van der Waals surface area contributed by atoms with Gasteiger partial charge in [0.05, 0.1) is 11.6 Å². The van der Waals surface area contributed by atoms with Gasteiger partial charge in [0.15, 0.2) is 11.5 Å². The number of rotatable bonds is 6. The molecule has 6 nitrogen and oxygen atoms in total. The van der Waals surface area contributed by atoms with Gasteiger partial charge in [0.2, 0.25) is 5.78 Å². The van der Waals surface area contributed by atoms with Gasteiger partial charge in [0.1, 0.15) is 5.58 Å². The van der Waals surface area contributed by atoms with Crippen LogP contribution in [0.1, 0.15) is 22.2 Å². The van der Waals surface area contributed by atoms with Crippen molar-refractivity contribution in [3.05, 3.63) is 95.5 Å². The average molecular weight is 440 g/mol. The molecule has 1 aromatic heterocycles. The molecule has 1 aliphatic heterocycles. The van der Waals surface area contributed by atoms with Gasteiger partial charge in [0, 0.05) is 18.5 Å². The molecular formula is C27H24N2O4. The van der Waals surface area contributed by atoms with Crippen LogP contribution in [0.25, 0.3) is 21.7 Å². The Balaban J connectivity index is 1.66. The van der Waals surface area contributed by atoms with Crippen molar-refractivity contribution in [1.82, 2.24) is 9.80 Å². The highest BCUT2D eigenvalue weighted by Crippen LogP contribution is 2.41. The summed E-state index contributed by atoms with van der Waals surface area (Å²) in [5.41, 5.74) is 1.43. The van der Waals surface area contributed by atoms with E-state index in [4.69, 9.17) is 4.42 Å². The van der Waals surface area contributed by atoms with Gasteiger partial charge in [-0.15, -0.1) is 0 Å². The minimum Gasteiger partial charge on any atom is -0.503 e. The number of furan rings is 1. The van der Waals surface area contributed by atoms with Gasteiger partial charge in [-0.25, -0.2) is 0 Å². The molecule has 1 N–H and O–H groups in total. The molecule has 1 atom stereocenters. The SMILES string of the molecule is CN(C)CCN1C(=O)C(O)=C(C(=O)c2cc3ccccc3o2)C1c1cccc2ccccc12. The molecular weight excluding hydrogens is 416 g/mol. The summed E-state index contributed by atoms with van der Waals surface area (Å²) in [5.74, 6) is -1.45. The summed E-state index contributed by atoms with van der Waals surface area (Å²) in [6.45, 7) is 0.951. The Bertz CT molecular complexity index is 1380. The zero-order chi connectivity index (χ0) is 23.1. The molecule has 5 rings (SSSR count). The van der Waals surface area contributed by atoms with Crippen molar-refractivity contribution in [2.75, 3.05) is 27.2 Å². The van der Waals surface area contributed by atoms with Crippen LogP contribution < -0.4 is 0 Å². The monoisotopic (exact) mass is 440 g/mol. The molecule has 2 heterocycles. The number of ketones is 1. The van der Waals surface area contributed by atoms with Crippen molar-refractivity contribution in [2.45, 2.75) is 6.04 Å². The first-order chi connectivity index (χ1) is 16.0. The lowest BCUT2D eigenvalue weighted by Gasteiger charge is -2.28. The molecule has 1 amide bonds. The van der Waals surface area contributed by atoms with Gasteiger partial charge in [-0.3, -0.25) is 9.59 Å². The molecule has 6 heteroatoms. The lowest BCUT2D eigenvalue weighted by atomic mass is 9.91. The minimum absolute atomic E-state index is 0.0502. The van der Waals surface area contributed by atoms with Gasteiger partial charge < -0.3 is 19.3 Å². The van der Waals surface area contributed by atoms with E-state index in [0.29, 0.717) is 18.7 Å². The Morgan fingerprint density at radius 1 is 1.00 bits per heavy atom. The summed E-state index contributed by atoms with van der Waals surface area (Å²) in [6, 6.07) is 21.9. The van der Waals surface area contributed by atoms with E-state index in [1.165, 1.54) is 0 Å². The quantitative estimate of drug-likeness (QED) is 0.439. The Morgan fingerprint density at radius 3 is 2.45 bits per heavy atom. The van der Waals surface area contributed by atoms with Crippen LogP contribution in [0.4, 0.5) is 0 Å². The molecule has 4 aromatic rings. The Hall–Kier alpha value is -3.90. The fraction of sp³-hybridized carbons (Fsp3) is 0.185. The fourth-order valence-corrected chi connectivity index (χ4v) is 4.46. The number of benzene rings is 3. The summed E-state index contributed by atoms with van der Waals surface area (Å²) in [7, 11) is 3.84. The van der Waals surface area contributed by atoms with E-state index in [1.54, 1.807) is 17.0 Å². The number of hydrogen-bond donors (Lipinski definition) is 1. The Morgan fingerprint density at radius 2 is 1.70 bits per heavy atom. The van der Waals surface area contributed by atoms with Gasteiger partial charge in [-0.2, -0.15) is 0 Å². The number of para-hydroxylation sites is 1. The van der Waals surface area contributed by atoms with Crippen molar-refractivity contribution in [3.8, 4) is 0 Å². The molecule has 0 spiro atoms. The summed E-state index contributed by atoms with van der Waals surface area (Å²) in [5, 5.41) is 13.6. The number of hydrogen-bond acceptors (Lipinski definition) is 5. The highest BCUT2D eigenvalue weighted by molar-refractivity contribution is 6.16. The first-order valence-electron chi connectivity index (χ1n) is 10.9. The second kappa shape index (κ2) is 8.22. The van der Waals surface area contributed by atoms with Crippen LogP contribution in [0.5, 0.6) is 0 Å². The predicted octanol–water partition coefficient (Wildman–Crippen LogP) is 4.73. The van der Waals surface area contributed by atoms with E-state index in [2.05, 4.69) is 0 Å². The third kappa shape index (κ3) is 3.58. The van der Waals surface area contributed by atoms with Crippen LogP contribution in [0.15, 0.2) is 88.5 Å². The van der Waals surface area contributed by atoms with Crippen LogP contribution in [-0.2, 0) is 4.79 Å². The maximum absolute atomic E-state index is 13.7. The Kier molecular flexibility index (Phi) is 5.23. The number of aliphatic hydroxyl groups excluding tert-OH is 1. The molecule has 0 radical (unpaired) electrons. The molecule has 0 bridgehead atoms. The maximum atomic E-state index is 13.7. The number of aliphatic hydroxyl groups is 1. The van der Waals surface area contributed by atoms with Crippen LogP contribution in [-0.4, -0.2) is 53.8 Å². The fourth-order valence-electron chi connectivity index (χ4n) is 4.46. The lowest BCUT2D eigenvalue weighted by molar-refractivity contribution is -0.129. The highest BCUT2D eigenvalue weighted by Gasteiger charge is 2.44. The minimum atomic E-state index is -0.718. The standard InChI is InChI=1S/C27H24N2O4/c1-28(2)14-15-29-24(20-12-7-10-17-8-3-5-11-19(17)20)23(26(31)27(29)32)25(30)22-16-18-9-4-6-13-21(18)33-22/h3-13,16,24,31H,14-15H2,1-2H3. The number of nitrogens with zero attached hydrogens (tertiary/aromatic N) is 2. The van der Waals surface area contributed by atoms with E-state index in [-0.39, 0.29) is 11.3 Å². The molecule has 0 saturated carbocycles. The van der Waals surface area contributed by atoms with Gasteiger partial charge in [0.25, 0.3) is 5.91 Å². The van der Waals surface area contributed by atoms with E-state index >= 15 is 0 Å². The molecule has 166 valence electrons. The molecule has 1 unspecified atom stereocenters. The number of fused-ring (bicyclic) bond motifs is 2. The predicted molar refractivity (Wildman–Crippen MR) is 127 cm³/mol. The number of Topliss-reactive ketones (excluding diaryl/α,β-unsaturated/α-hetero) is 1. The normalized spacial score (nSPS) is 16.5. The third-order valence-corrected chi connectivity index (χ3v) is 6.10. The molecule has 3 aromatic carbocycles. The first kappa shape index (κ1) is 21.0. The molecule has 33 heavy (non-hydrogen) atoms. The zero-order valence-corrected chi connectivity index (χ0v) is 18.5. The topological polar surface area (TPSA) is 74.0 Å². The molecule has 0 fully saturated rings. The molecule has 1 aliphatic rings. The van der Waals surface area contributed by atoms with Crippen LogP contribution in [0.2, 0.25) is 0 Å². The van der Waals surface area contributed by atoms with Crippen molar-refractivity contribution in [3.63, 3.8) is 0 Å². The molecule has 0 saturated heterocycles. The van der Waals surface area contributed by atoms with Crippen LogP contribution >= 0.6 is 0 Å². The van der Waals surface area contributed by atoms with Gasteiger partial charge in [-0.1, -0.05) is 60.7 Å². The van der Waals surface area contributed by atoms with E-state index in [9.17, 15) is 14.7 Å². The summed E-state index contributed by atoms with van der Waals surface area (Å²) in [6.07, 6.45) is 0. The van der Waals surface area contributed by atoms with E-state index in [1.807, 2.05) is 79.7 Å². The number of amides is 1. The number of carbonyl (C=O) groups excluding carboxylic acids is 2. The summed E-state index contributed by atoms with van der Waals surface area (Å²) in [4.78, 5) is 30.4. The third-order valence-electron chi connectivity index (χ3n) is 6.10. The van der Waals surface area contributed by atoms with Crippen molar-refractivity contribution < 1.29 is 19.1 Å². The number of likely N-dealkylation sites (N-methyl/N-ethyl adjacent to an activating group) is 1. The summed E-state index contributed by atoms with van der Waals surface area (Å²) < 4.78 is 5.80. The zero-order valence-electron chi connectivity index (χ0n) is 18.5. The van der Waals surface area contributed by atoms with E-state index < -0.39 is 23.5 Å². The highest BCUT2D eigenvalue weighted by atomic mass is 16.3. The van der Waals surface area contributed by atoms with Crippen molar-refractivity contribution >= 4 is 33.4 Å². The second-order valence-corrected chi connectivity index (χ2v) is 8.51. The van der Waals surface area contributed by atoms with Crippen molar-refractivity contribution in [1.29, 1.82) is 0 Å². The van der Waals surface area contributed by atoms with Gasteiger partial charge >= 0.3 is 0 Å². The second-order valence-electron chi connectivity index (χ2n) is 8.51. The van der Waals surface area contributed by atoms with E-state index in [0.717, 1.165) is 21.7 Å². The smallest absolute Gasteiger partial charge is 0.290 e. The first-order valence-corrected chi connectivity index (χ1v) is 10.9. The number of carbonyl (C=O) groups is 2. The maximum Gasteiger partial charge on any atom is 0.290 e. The average Bonchev–Trinajstić information content (AvgIpc) is 3.36. The van der Waals surface area contributed by atoms with Crippen LogP contribution in [0.3, 0.4) is 0 Å².